The lowest BCUT2D eigenvalue weighted by molar-refractivity contribution is 0.0985. The highest BCUT2D eigenvalue weighted by Gasteiger charge is 2.27. The quantitative estimate of drug-likeness (QED) is 0.833. The third-order valence-corrected chi connectivity index (χ3v) is 3.32. The molecule has 0 saturated heterocycles. The molecule has 3 nitrogen and oxygen atoms in total. The minimum absolute atomic E-state index is 0.330. The molecule has 0 radical (unpaired) electrons. The number of nitrogens with two attached hydrogens (primary N) is 1. The van der Waals surface area contributed by atoms with Crippen molar-refractivity contribution in [1.29, 1.82) is 0 Å². The Bertz CT molecular complexity index is 353. The van der Waals surface area contributed by atoms with Gasteiger partial charge >= 0.3 is 0 Å². The third-order valence-electron chi connectivity index (χ3n) is 3.32. The number of nitrogens with zero attached hydrogens (tertiary/aromatic N) is 1. The molecule has 2 N–H and O–H groups in total. The molecule has 88 valence electrons. The highest BCUT2D eigenvalue weighted by Crippen LogP contribution is 2.36. The van der Waals surface area contributed by atoms with Crippen molar-refractivity contribution >= 4 is 5.69 Å². The molecule has 1 fully saturated rings. The van der Waals surface area contributed by atoms with E-state index in [0.717, 1.165) is 18.6 Å². The molecule has 0 atom stereocenters. The maximum absolute atomic E-state index is 5.89. The normalized spacial score (nSPS) is 20.6. The molecule has 1 aliphatic rings. The minimum Gasteiger partial charge on any atom is -0.489 e. The van der Waals surface area contributed by atoms with E-state index in [2.05, 4.69) is 18.8 Å². The van der Waals surface area contributed by atoms with Crippen molar-refractivity contribution in [2.45, 2.75) is 45.6 Å². The van der Waals surface area contributed by atoms with E-state index >= 15 is 0 Å². The van der Waals surface area contributed by atoms with Crippen LogP contribution in [0.5, 0.6) is 5.75 Å². The second-order valence-corrected chi connectivity index (χ2v) is 5.44. The molecule has 0 bridgehead atoms. The van der Waals surface area contributed by atoms with Crippen molar-refractivity contribution in [2.75, 3.05) is 5.73 Å². The Labute approximate surface area is 97.0 Å². The molecule has 0 amide bonds. The van der Waals surface area contributed by atoms with Gasteiger partial charge in [0.1, 0.15) is 5.75 Å². The molecule has 0 aromatic carbocycles. The zero-order valence-electron chi connectivity index (χ0n) is 10.1. The van der Waals surface area contributed by atoms with Gasteiger partial charge in [0.2, 0.25) is 0 Å². The molecule has 3 heteroatoms. The van der Waals surface area contributed by atoms with Crippen LogP contribution in [-0.2, 0) is 0 Å². The van der Waals surface area contributed by atoms with E-state index in [9.17, 15) is 0 Å². The first-order valence-corrected chi connectivity index (χ1v) is 5.92. The zero-order chi connectivity index (χ0) is 11.6. The Morgan fingerprint density at radius 3 is 2.62 bits per heavy atom. The summed E-state index contributed by atoms with van der Waals surface area (Å²) in [5.41, 5.74) is 6.81. The fourth-order valence-electron chi connectivity index (χ4n) is 2.18. The second kappa shape index (κ2) is 4.32. The van der Waals surface area contributed by atoms with E-state index in [1.54, 1.807) is 12.4 Å². The first-order valence-electron chi connectivity index (χ1n) is 5.92. The Morgan fingerprint density at radius 1 is 1.31 bits per heavy atom. The molecule has 1 aromatic rings. The first-order chi connectivity index (χ1) is 7.55. The zero-order valence-corrected chi connectivity index (χ0v) is 10.1. The predicted octanol–water partition coefficient (Wildman–Crippen LogP) is 3.01. The molecule has 0 spiro atoms. The topological polar surface area (TPSA) is 48.1 Å². The standard InChI is InChI=1S/C13H20N2O/c1-13(2)5-3-11(4-6-13)16-12-7-10(14)8-15-9-12/h7-9,11H,3-6,14H2,1-2H3. The highest BCUT2D eigenvalue weighted by molar-refractivity contribution is 5.40. The Kier molecular flexibility index (Phi) is 3.03. The Balaban J connectivity index is 1.92. The fraction of sp³-hybridized carbons (Fsp3) is 0.615. The number of anilines is 1. The van der Waals surface area contributed by atoms with Crippen molar-refractivity contribution in [1.82, 2.24) is 4.98 Å². The molecule has 1 aromatic heterocycles. The van der Waals surface area contributed by atoms with Gasteiger partial charge in [0.05, 0.1) is 24.2 Å². The van der Waals surface area contributed by atoms with Crippen LogP contribution >= 0.6 is 0 Å². The monoisotopic (exact) mass is 220 g/mol. The lowest BCUT2D eigenvalue weighted by atomic mass is 9.76. The number of hydrogen-bond acceptors (Lipinski definition) is 3. The van der Waals surface area contributed by atoms with Gasteiger partial charge in [0.25, 0.3) is 0 Å². The van der Waals surface area contributed by atoms with E-state index < -0.39 is 0 Å². The predicted molar refractivity (Wildman–Crippen MR) is 65.3 cm³/mol. The number of rotatable bonds is 2. The van der Waals surface area contributed by atoms with E-state index in [-0.39, 0.29) is 0 Å². The summed E-state index contributed by atoms with van der Waals surface area (Å²) in [6.07, 6.45) is 8.41. The van der Waals surface area contributed by atoms with Crippen LogP contribution < -0.4 is 10.5 Å². The van der Waals surface area contributed by atoms with Crippen molar-refractivity contribution in [3.05, 3.63) is 18.5 Å². The first kappa shape index (κ1) is 11.2. The number of hydrogen-bond donors (Lipinski definition) is 1. The largest absolute Gasteiger partial charge is 0.489 e. The fourth-order valence-corrected chi connectivity index (χ4v) is 2.18. The highest BCUT2D eigenvalue weighted by atomic mass is 16.5. The van der Waals surface area contributed by atoms with Gasteiger partial charge < -0.3 is 10.5 Å². The minimum atomic E-state index is 0.330. The van der Waals surface area contributed by atoms with Gasteiger partial charge in [-0.05, 0) is 31.1 Å². The van der Waals surface area contributed by atoms with E-state index in [0.29, 0.717) is 17.2 Å². The summed E-state index contributed by atoms with van der Waals surface area (Å²) in [7, 11) is 0. The van der Waals surface area contributed by atoms with Crippen LogP contribution in [0.2, 0.25) is 0 Å². The van der Waals surface area contributed by atoms with Gasteiger partial charge in [-0.15, -0.1) is 0 Å². The van der Waals surface area contributed by atoms with Crippen LogP contribution in [0.1, 0.15) is 39.5 Å². The van der Waals surface area contributed by atoms with Gasteiger partial charge in [-0.25, -0.2) is 0 Å². The average molecular weight is 220 g/mol. The summed E-state index contributed by atoms with van der Waals surface area (Å²) in [6.45, 7) is 4.65. The van der Waals surface area contributed by atoms with Gasteiger partial charge in [-0.1, -0.05) is 13.8 Å². The average Bonchev–Trinajstić information content (AvgIpc) is 2.21. The number of pyridine rings is 1. The number of ether oxygens (including phenoxy) is 1. The van der Waals surface area contributed by atoms with Crippen LogP contribution in [0.4, 0.5) is 5.69 Å². The van der Waals surface area contributed by atoms with Gasteiger partial charge in [-0.3, -0.25) is 4.98 Å². The van der Waals surface area contributed by atoms with Crippen molar-refractivity contribution < 1.29 is 4.74 Å². The molecular formula is C13H20N2O. The maximum atomic E-state index is 5.89. The van der Waals surface area contributed by atoms with Crippen LogP contribution in [0.3, 0.4) is 0 Å². The molecule has 1 aliphatic carbocycles. The summed E-state index contributed by atoms with van der Waals surface area (Å²) in [5, 5.41) is 0. The molecule has 0 aliphatic heterocycles. The van der Waals surface area contributed by atoms with Crippen LogP contribution in [0.15, 0.2) is 18.5 Å². The van der Waals surface area contributed by atoms with Crippen LogP contribution in [0.25, 0.3) is 0 Å². The van der Waals surface area contributed by atoms with Crippen molar-refractivity contribution in [3.8, 4) is 5.75 Å². The van der Waals surface area contributed by atoms with Gasteiger partial charge in [0, 0.05) is 6.07 Å². The van der Waals surface area contributed by atoms with Gasteiger partial charge in [0.15, 0.2) is 0 Å². The van der Waals surface area contributed by atoms with E-state index in [4.69, 9.17) is 10.5 Å². The summed E-state index contributed by atoms with van der Waals surface area (Å²) in [5.74, 6) is 0.796. The van der Waals surface area contributed by atoms with Gasteiger partial charge in [-0.2, -0.15) is 0 Å². The second-order valence-electron chi connectivity index (χ2n) is 5.44. The number of aromatic nitrogens is 1. The molecule has 16 heavy (non-hydrogen) atoms. The lowest BCUT2D eigenvalue weighted by Gasteiger charge is -2.34. The smallest absolute Gasteiger partial charge is 0.140 e. The summed E-state index contributed by atoms with van der Waals surface area (Å²) < 4.78 is 5.89. The third kappa shape index (κ3) is 2.87. The van der Waals surface area contributed by atoms with Crippen molar-refractivity contribution in [3.63, 3.8) is 0 Å². The molecule has 2 rings (SSSR count). The SMILES string of the molecule is CC1(C)CCC(Oc2cncc(N)c2)CC1. The lowest BCUT2D eigenvalue weighted by Crippen LogP contribution is -2.28. The van der Waals surface area contributed by atoms with Crippen LogP contribution in [0, 0.1) is 5.41 Å². The summed E-state index contributed by atoms with van der Waals surface area (Å²) in [6, 6.07) is 1.84. The van der Waals surface area contributed by atoms with Crippen molar-refractivity contribution in [2.24, 2.45) is 5.41 Å². The molecule has 1 heterocycles. The molecule has 0 unspecified atom stereocenters. The van der Waals surface area contributed by atoms with Crippen LogP contribution in [-0.4, -0.2) is 11.1 Å². The Morgan fingerprint density at radius 2 is 2.00 bits per heavy atom. The summed E-state index contributed by atoms with van der Waals surface area (Å²) in [4.78, 5) is 4.03. The molecular weight excluding hydrogens is 200 g/mol. The molecule has 1 saturated carbocycles. The maximum Gasteiger partial charge on any atom is 0.140 e. The number of nitrogen functional groups attached to an aromatic ring is 1. The van der Waals surface area contributed by atoms with E-state index in [1.165, 1.54) is 12.8 Å². The van der Waals surface area contributed by atoms with E-state index in [1.807, 2.05) is 6.07 Å². The Hall–Kier alpha value is -1.25. The summed E-state index contributed by atoms with van der Waals surface area (Å²) >= 11 is 0.